The van der Waals surface area contributed by atoms with E-state index in [-0.39, 0.29) is 0 Å². The van der Waals surface area contributed by atoms with Gasteiger partial charge in [0.15, 0.2) is 0 Å². The summed E-state index contributed by atoms with van der Waals surface area (Å²) in [7, 11) is 0. The van der Waals surface area contributed by atoms with Crippen molar-refractivity contribution >= 4 is 58.2 Å². The number of ether oxygens (including phenoxy) is 2. The number of nitrogens with zero attached hydrogens (tertiary/aromatic N) is 2. The minimum atomic E-state index is 0.808. The van der Waals surface area contributed by atoms with Gasteiger partial charge >= 0.3 is 0 Å². The van der Waals surface area contributed by atoms with Crippen LogP contribution in [0.1, 0.15) is 70.2 Å². The Kier molecular flexibility index (Phi) is 14.8. The van der Waals surface area contributed by atoms with Gasteiger partial charge in [0, 0.05) is 35.1 Å². The molecule has 0 radical (unpaired) electrons. The maximum Gasteiger partial charge on any atom is 0.127 e. The van der Waals surface area contributed by atoms with Crippen molar-refractivity contribution in [2.45, 2.75) is 38.5 Å². The van der Waals surface area contributed by atoms with Gasteiger partial charge in [0.2, 0.25) is 0 Å². The van der Waals surface area contributed by atoms with E-state index in [0.717, 1.165) is 107 Å². The molecule has 0 atom stereocenters. The number of fused-ring (bicyclic) bond motifs is 2. The van der Waals surface area contributed by atoms with Gasteiger partial charge in [-0.15, -0.1) is 0 Å². The fourth-order valence-corrected chi connectivity index (χ4v) is 10.5. The van der Waals surface area contributed by atoms with E-state index in [9.17, 15) is 0 Å². The van der Waals surface area contributed by atoms with Crippen LogP contribution in [0, 0.1) is 0 Å². The van der Waals surface area contributed by atoms with E-state index in [2.05, 4.69) is 216 Å². The second kappa shape index (κ2) is 23.5. The van der Waals surface area contributed by atoms with Crippen molar-refractivity contribution in [3.63, 3.8) is 0 Å². The van der Waals surface area contributed by atoms with Crippen LogP contribution in [0.5, 0.6) is 23.0 Å². The summed E-state index contributed by atoms with van der Waals surface area (Å²) in [6.45, 7) is 0. The van der Waals surface area contributed by atoms with E-state index in [1.807, 2.05) is 84.9 Å². The Balaban J connectivity index is 0.705. The van der Waals surface area contributed by atoms with E-state index >= 15 is 0 Å². The molecule has 12 rings (SSSR count). The molecule has 10 aromatic carbocycles. The Hall–Kier alpha value is -9.64. The quantitative estimate of drug-likeness (QED) is 0.0956. The van der Waals surface area contributed by atoms with E-state index in [1.54, 1.807) is 0 Å². The summed E-state index contributed by atoms with van der Waals surface area (Å²) in [6.07, 6.45) is 20.0. The highest BCUT2D eigenvalue weighted by Gasteiger charge is 2.19. The zero-order chi connectivity index (χ0) is 52.3. The highest BCUT2D eigenvalue weighted by atomic mass is 16.5. The molecule has 0 bridgehead atoms. The summed E-state index contributed by atoms with van der Waals surface area (Å²) in [4.78, 5) is 4.62. The van der Waals surface area contributed by atoms with Crippen LogP contribution in [0.15, 0.2) is 267 Å². The molecule has 10 aromatic rings. The predicted octanol–water partition coefficient (Wildman–Crippen LogP) is 20.3. The van der Waals surface area contributed by atoms with Gasteiger partial charge in [-0.2, -0.15) is 0 Å². The van der Waals surface area contributed by atoms with Crippen LogP contribution >= 0.6 is 0 Å². The lowest BCUT2D eigenvalue weighted by Gasteiger charge is -2.26. The predicted molar refractivity (Wildman–Crippen MR) is 328 cm³/mol. The fraction of sp³-hybridized carbons (Fsp3) is 0.0811. The molecular weight excluding hydrogens is 949 g/mol. The summed E-state index contributed by atoms with van der Waals surface area (Å²) in [5.41, 5.74) is 19.6. The van der Waals surface area contributed by atoms with Crippen molar-refractivity contribution in [2.24, 2.45) is 0 Å². The summed E-state index contributed by atoms with van der Waals surface area (Å²) in [5.74, 6) is 3.26. The molecular formula is C74H60N2O2. The van der Waals surface area contributed by atoms with Gasteiger partial charge in [-0.1, -0.05) is 182 Å². The van der Waals surface area contributed by atoms with Gasteiger partial charge in [0.05, 0.1) is 0 Å². The molecule has 2 aliphatic rings. The minimum absolute atomic E-state index is 0.808. The first-order valence-corrected chi connectivity index (χ1v) is 27.2. The van der Waals surface area contributed by atoms with E-state index in [0.29, 0.717) is 0 Å². The van der Waals surface area contributed by atoms with Crippen molar-refractivity contribution in [2.75, 3.05) is 9.80 Å². The van der Waals surface area contributed by atoms with Crippen LogP contribution < -0.4 is 19.3 Å². The Bertz CT molecular complexity index is 3480. The minimum Gasteiger partial charge on any atom is -0.457 e. The number of benzene rings is 10. The molecule has 0 amide bonds. The van der Waals surface area contributed by atoms with Gasteiger partial charge in [-0.3, -0.25) is 0 Å². The van der Waals surface area contributed by atoms with Crippen LogP contribution in [0.3, 0.4) is 0 Å². The van der Waals surface area contributed by atoms with Gasteiger partial charge in [0.1, 0.15) is 23.0 Å². The molecule has 0 fully saturated rings. The summed E-state index contributed by atoms with van der Waals surface area (Å²) < 4.78 is 12.3. The third-order valence-electron chi connectivity index (χ3n) is 14.7. The monoisotopic (exact) mass is 1010 g/mol. The highest BCUT2D eigenvalue weighted by Crippen LogP contribution is 2.38. The van der Waals surface area contributed by atoms with Crippen LogP contribution in [0.4, 0.5) is 22.7 Å². The molecule has 0 saturated carbocycles. The first kappa shape index (κ1) is 49.2. The van der Waals surface area contributed by atoms with Crippen LogP contribution in [-0.4, -0.2) is 0 Å². The van der Waals surface area contributed by atoms with Gasteiger partial charge in [-0.05, 0) is 202 Å². The molecule has 78 heavy (non-hydrogen) atoms. The molecule has 0 saturated heterocycles. The number of hydrogen-bond acceptors (Lipinski definition) is 4. The lowest BCUT2D eigenvalue weighted by atomic mass is 9.88. The van der Waals surface area contributed by atoms with Crippen molar-refractivity contribution in [3.05, 3.63) is 312 Å². The smallest absolute Gasteiger partial charge is 0.127 e. The number of allylic oxidation sites excluding steroid dienone is 2. The topological polar surface area (TPSA) is 24.9 Å². The average Bonchev–Trinajstić information content (AvgIpc) is 3.51. The van der Waals surface area contributed by atoms with Gasteiger partial charge < -0.3 is 19.3 Å². The summed E-state index contributed by atoms with van der Waals surface area (Å²) >= 11 is 0. The second-order valence-electron chi connectivity index (χ2n) is 20.0. The van der Waals surface area contributed by atoms with Crippen molar-refractivity contribution in [3.8, 4) is 34.1 Å². The lowest BCUT2D eigenvalue weighted by molar-refractivity contribution is 0.482. The van der Waals surface area contributed by atoms with E-state index in [4.69, 9.17) is 9.47 Å². The van der Waals surface area contributed by atoms with Crippen molar-refractivity contribution in [1.82, 2.24) is 0 Å². The fourth-order valence-electron chi connectivity index (χ4n) is 10.5. The molecule has 0 heterocycles. The Labute approximate surface area is 459 Å². The number of anilines is 4. The molecule has 0 aromatic heterocycles. The molecule has 4 heteroatoms. The molecule has 0 N–H and O–H groups in total. The molecule has 0 unspecified atom stereocenters. The van der Waals surface area contributed by atoms with Crippen molar-refractivity contribution in [1.29, 1.82) is 0 Å². The highest BCUT2D eigenvalue weighted by molar-refractivity contribution is 5.81. The van der Waals surface area contributed by atoms with Crippen molar-refractivity contribution < 1.29 is 9.47 Å². The van der Waals surface area contributed by atoms with Gasteiger partial charge in [-0.25, -0.2) is 0 Å². The van der Waals surface area contributed by atoms with Crippen LogP contribution in [0.25, 0.3) is 46.6 Å². The first-order chi connectivity index (χ1) is 38.6. The third-order valence-corrected chi connectivity index (χ3v) is 14.7. The van der Waals surface area contributed by atoms with E-state index in [1.165, 1.54) is 44.5 Å². The number of para-hydroxylation sites is 2. The zero-order valence-corrected chi connectivity index (χ0v) is 43.7. The standard InChI is InChI=1S/C74H60N2O2/c1-3-19-69(20-4-1)77-71-49-45-67(46-50-71)75(53-63-17-11-15-61-13-7-9-23-73(61)63)65-41-33-57(34-42-65)27-25-55-29-37-59(38-30-55)60-39-31-56(32-40-60)26-28-58-35-43-66(44-36-58)76(54-64-18-12-16-62-14-8-10-24-74(62)64)68-47-51-72(52-48-68)78-70-21-5-2-6-22-70/h1-10,13-14,19-54H,11-12,15-18H2/b27-25+,28-26+,63-53-,64-54+. The Morgan fingerprint density at radius 2 is 0.564 bits per heavy atom. The molecule has 0 aliphatic heterocycles. The Morgan fingerprint density at radius 3 is 0.923 bits per heavy atom. The number of hydrogen-bond donors (Lipinski definition) is 0. The largest absolute Gasteiger partial charge is 0.457 e. The second-order valence-corrected chi connectivity index (χ2v) is 20.0. The number of aryl methyl sites for hydroxylation is 2. The summed E-state index contributed by atoms with van der Waals surface area (Å²) in [6, 6.07) is 89.6. The summed E-state index contributed by atoms with van der Waals surface area (Å²) in [5, 5.41) is 0. The lowest BCUT2D eigenvalue weighted by Crippen LogP contribution is -2.12. The maximum atomic E-state index is 6.15. The Morgan fingerprint density at radius 1 is 0.269 bits per heavy atom. The average molecular weight is 1010 g/mol. The molecule has 2 aliphatic carbocycles. The zero-order valence-electron chi connectivity index (χ0n) is 43.7. The molecule has 4 nitrogen and oxygen atoms in total. The van der Waals surface area contributed by atoms with Crippen LogP contribution in [-0.2, 0) is 12.8 Å². The normalized spacial score (nSPS) is 14.1. The number of rotatable bonds is 15. The SMILES string of the molecule is C(=C1\CCCc2ccccc21)/N(c1ccc(/C=C/c2ccc(-c3ccc(/C=C/c4ccc(N(/C=C5\CCCc6ccccc65)c5ccc(Oc6ccccc6)cc5)cc4)cc3)cc2)cc1)c1ccc(Oc2ccccc2)cc1. The van der Waals surface area contributed by atoms with Gasteiger partial charge in [0.25, 0.3) is 0 Å². The molecule has 0 spiro atoms. The van der Waals surface area contributed by atoms with Crippen LogP contribution in [0.2, 0.25) is 0 Å². The molecule has 378 valence electrons. The maximum absolute atomic E-state index is 6.15. The van der Waals surface area contributed by atoms with E-state index < -0.39 is 0 Å². The third kappa shape index (κ3) is 11.9. The first-order valence-electron chi connectivity index (χ1n) is 27.2.